The fourth-order valence-corrected chi connectivity index (χ4v) is 2.88. The van der Waals surface area contributed by atoms with Gasteiger partial charge in [-0.2, -0.15) is 0 Å². The predicted molar refractivity (Wildman–Crippen MR) is 77.7 cm³/mol. The SMILES string of the molecule is CNS(=O)(=O)CCNC(=O)CCCCc1cccs1. The zero-order valence-corrected chi connectivity index (χ0v) is 12.6. The van der Waals surface area contributed by atoms with E-state index in [4.69, 9.17) is 0 Å². The molecular weight excluding hydrogens is 284 g/mol. The summed E-state index contributed by atoms with van der Waals surface area (Å²) in [5.41, 5.74) is 0. The maximum atomic E-state index is 11.5. The van der Waals surface area contributed by atoms with Crippen LogP contribution in [0.4, 0.5) is 0 Å². The molecule has 5 nitrogen and oxygen atoms in total. The highest BCUT2D eigenvalue weighted by molar-refractivity contribution is 7.89. The van der Waals surface area contributed by atoms with Gasteiger partial charge in [0.2, 0.25) is 15.9 Å². The first-order valence-electron chi connectivity index (χ1n) is 6.24. The molecule has 1 aromatic heterocycles. The number of carbonyl (C=O) groups is 1. The first-order valence-corrected chi connectivity index (χ1v) is 8.77. The van der Waals surface area contributed by atoms with Crippen LogP contribution >= 0.6 is 11.3 Å². The zero-order valence-electron chi connectivity index (χ0n) is 11.0. The minimum Gasteiger partial charge on any atom is -0.355 e. The molecule has 0 atom stereocenters. The number of rotatable bonds is 9. The van der Waals surface area contributed by atoms with Crippen LogP contribution in [-0.2, 0) is 21.2 Å². The van der Waals surface area contributed by atoms with Gasteiger partial charge in [-0.15, -0.1) is 11.3 Å². The molecular formula is C12H20N2O3S2. The molecule has 0 aromatic carbocycles. The van der Waals surface area contributed by atoms with E-state index in [1.165, 1.54) is 11.9 Å². The summed E-state index contributed by atoms with van der Waals surface area (Å²) in [6, 6.07) is 4.11. The lowest BCUT2D eigenvalue weighted by molar-refractivity contribution is -0.121. The molecule has 2 N–H and O–H groups in total. The number of unbranched alkanes of at least 4 members (excludes halogenated alkanes) is 1. The molecule has 1 heterocycles. The Morgan fingerprint density at radius 3 is 2.79 bits per heavy atom. The highest BCUT2D eigenvalue weighted by atomic mass is 32.2. The molecule has 1 amide bonds. The van der Waals surface area contributed by atoms with Crippen LogP contribution < -0.4 is 10.0 Å². The van der Waals surface area contributed by atoms with Gasteiger partial charge in [-0.05, 0) is 37.8 Å². The molecule has 0 aliphatic carbocycles. The molecule has 0 fully saturated rings. The third kappa shape index (κ3) is 7.29. The molecule has 108 valence electrons. The second kappa shape index (κ2) is 8.29. The van der Waals surface area contributed by atoms with Crippen molar-refractivity contribution in [2.75, 3.05) is 19.3 Å². The molecule has 7 heteroatoms. The summed E-state index contributed by atoms with van der Waals surface area (Å²) in [6.07, 6.45) is 3.25. The molecule has 0 bridgehead atoms. The van der Waals surface area contributed by atoms with Gasteiger partial charge in [0.15, 0.2) is 0 Å². The Hall–Kier alpha value is -0.920. The van der Waals surface area contributed by atoms with E-state index in [0.29, 0.717) is 6.42 Å². The smallest absolute Gasteiger partial charge is 0.220 e. The Morgan fingerprint density at radius 2 is 2.16 bits per heavy atom. The summed E-state index contributed by atoms with van der Waals surface area (Å²) in [5, 5.41) is 4.66. The number of aryl methyl sites for hydroxylation is 1. The third-order valence-corrected chi connectivity index (χ3v) is 4.96. The zero-order chi connectivity index (χ0) is 14.1. The van der Waals surface area contributed by atoms with Crippen molar-refractivity contribution >= 4 is 27.3 Å². The van der Waals surface area contributed by atoms with Crippen molar-refractivity contribution in [2.45, 2.75) is 25.7 Å². The van der Waals surface area contributed by atoms with E-state index in [9.17, 15) is 13.2 Å². The van der Waals surface area contributed by atoms with Gasteiger partial charge < -0.3 is 5.32 Å². The Labute approximate surface area is 118 Å². The lowest BCUT2D eigenvalue weighted by atomic mass is 10.1. The van der Waals surface area contributed by atoms with Crippen LogP contribution in [0.5, 0.6) is 0 Å². The summed E-state index contributed by atoms with van der Waals surface area (Å²) in [7, 11) is -1.87. The van der Waals surface area contributed by atoms with E-state index in [1.54, 1.807) is 11.3 Å². The average Bonchev–Trinajstić information content (AvgIpc) is 2.87. The van der Waals surface area contributed by atoms with Crippen molar-refractivity contribution < 1.29 is 13.2 Å². The van der Waals surface area contributed by atoms with Crippen LogP contribution in [0.1, 0.15) is 24.1 Å². The Bertz CT molecular complexity index is 469. The lowest BCUT2D eigenvalue weighted by Gasteiger charge is -2.05. The first kappa shape index (κ1) is 16.1. The normalized spacial score (nSPS) is 11.4. The molecule has 0 aliphatic heterocycles. The van der Waals surface area contributed by atoms with Gasteiger partial charge in [0.1, 0.15) is 0 Å². The maximum absolute atomic E-state index is 11.5. The largest absolute Gasteiger partial charge is 0.355 e. The molecule has 0 radical (unpaired) electrons. The van der Waals surface area contributed by atoms with Crippen molar-refractivity contribution in [3.05, 3.63) is 22.4 Å². The van der Waals surface area contributed by atoms with Crippen LogP contribution in [0.3, 0.4) is 0 Å². The number of amides is 1. The fraction of sp³-hybridized carbons (Fsp3) is 0.583. The van der Waals surface area contributed by atoms with Gasteiger partial charge in [0, 0.05) is 17.8 Å². The third-order valence-electron chi connectivity index (χ3n) is 2.66. The highest BCUT2D eigenvalue weighted by Gasteiger charge is 2.07. The molecule has 19 heavy (non-hydrogen) atoms. The van der Waals surface area contributed by atoms with Crippen molar-refractivity contribution in [1.82, 2.24) is 10.0 Å². The van der Waals surface area contributed by atoms with Crippen LogP contribution in [0.15, 0.2) is 17.5 Å². The monoisotopic (exact) mass is 304 g/mol. The summed E-state index contributed by atoms with van der Waals surface area (Å²) >= 11 is 1.73. The Kier molecular flexibility index (Phi) is 7.04. The number of thiophene rings is 1. The van der Waals surface area contributed by atoms with Crippen molar-refractivity contribution in [2.24, 2.45) is 0 Å². The second-order valence-electron chi connectivity index (χ2n) is 4.16. The Morgan fingerprint density at radius 1 is 1.37 bits per heavy atom. The summed E-state index contributed by atoms with van der Waals surface area (Å²) in [4.78, 5) is 12.8. The minimum absolute atomic E-state index is 0.0789. The highest BCUT2D eigenvalue weighted by Crippen LogP contribution is 2.12. The number of nitrogens with one attached hydrogen (secondary N) is 2. The minimum atomic E-state index is -3.23. The molecule has 0 saturated heterocycles. The number of hydrogen-bond donors (Lipinski definition) is 2. The van der Waals surface area contributed by atoms with E-state index in [0.717, 1.165) is 19.3 Å². The summed E-state index contributed by atoms with van der Waals surface area (Å²) in [5.74, 6) is -0.165. The molecule has 1 rings (SSSR count). The van der Waals surface area contributed by atoms with Crippen molar-refractivity contribution in [3.63, 3.8) is 0 Å². The van der Waals surface area contributed by atoms with E-state index < -0.39 is 10.0 Å². The number of sulfonamides is 1. The predicted octanol–water partition coefficient (Wildman–Crippen LogP) is 1.13. The van der Waals surface area contributed by atoms with Gasteiger partial charge in [-0.1, -0.05) is 6.07 Å². The van der Waals surface area contributed by atoms with Gasteiger partial charge in [-0.3, -0.25) is 4.79 Å². The lowest BCUT2D eigenvalue weighted by Crippen LogP contribution is -2.32. The van der Waals surface area contributed by atoms with E-state index in [2.05, 4.69) is 16.1 Å². The summed E-state index contributed by atoms with van der Waals surface area (Å²) < 4.78 is 24.4. The van der Waals surface area contributed by atoms with E-state index in [-0.39, 0.29) is 18.2 Å². The van der Waals surface area contributed by atoms with Gasteiger partial charge in [0.25, 0.3) is 0 Å². The number of carbonyl (C=O) groups excluding carboxylic acids is 1. The average molecular weight is 304 g/mol. The topological polar surface area (TPSA) is 75.3 Å². The fourth-order valence-electron chi connectivity index (χ4n) is 1.55. The first-order chi connectivity index (χ1) is 9.03. The van der Waals surface area contributed by atoms with Crippen molar-refractivity contribution in [3.8, 4) is 0 Å². The molecule has 0 saturated carbocycles. The maximum Gasteiger partial charge on any atom is 0.220 e. The standard InChI is InChI=1S/C12H20N2O3S2/c1-13-19(16,17)10-8-14-12(15)7-3-2-5-11-6-4-9-18-11/h4,6,9,13H,2-3,5,7-8,10H2,1H3,(H,14,15). The second-order valence-corrected chi connectivity index (χ2v) is 7.24. The van der Waals surface area contributed by atoms with E-state index in [1.807, 2.05) is 11.4 Å². The Balaban J connectivity index is 2.05. The van der Waals surface area contributed by atoms with Gasteiger partial charge >= 0.3 is 0 Å². The molecule has 0 unspecified atom stereocenters. The number of hydrogen-bond acceptors (Lipinski definition) is 4. The van der Waals surface area contributed by atoms with Gasteiger partial charge in [0.05, 0.1) is 5.75 Å². The van der Waals surface area contributed by atoms with Crippen molar-refractivity contribution in [1.29, 1.82) is 0 Å². The van der Waals surface area contributed by atoms with Crippen LogP contribution in [-0.4, -0.2) is 33.7 Å². The molecule has 1 aromatic rings. The van der Waals surface area contributed by atoms with Gasteiger partial charge in [-0.25, -0.2) is 13.1 Å². The van der Waals surface area contributed by atoms with Crippen LogP contribution in [0.25, 0.3) is 0 Å². The van der Waals surface area contributed by atoms with Crippen LogP contribution in [0.2, 0.25) is 0 Å². The quantitative estimate of drug-likeness (QED) is 0.672. The molecule has 0 spiro atoms. The van der Waals surface area contributed by atoms with E-state index >= 15 is 0 Å². The molecule has 0 aliphatic rings. The summed E-state index contributed by atoms with van der Waals surface area (Å²) in [6.45, 7) is 0.160. The van der Waals surface area contributed by atoms with Crippen LogP contribution in [0, 0.1) is 0 Å².